The van der Waals surface area contributed by atoms with Gasteiger partial charge in [-0.15, -0.1) is 0 Å². The van der Waals surface area contributed by atoms with Crippen molar-refractivity contribution in [1.82, 2.24) is 9.88 Å². The molecular weight excluding hydrogens is 347 g/mol. The molecular formula is C18H18F3N3O2. The van der Waals surface area contributed by atoms with Gasteiger partial charge in [0.15, 0.2) is 5.41 Å². The molecule has 1 aromatic carbocycles. The number of halogens is 3. The molecule has 0 radical (unpaired) electrons. The Morgan fingerprint density at radius 2 is 1.92 bits per heavy atom. The van der Waals surface area contributed by atoms with Crippen LogP contribution in [0.25, 0.3) is 0 Å². The van der Waals surface area contributed by atoms with Crippen LogP contribution in [0.3, 0.4) is 0 Å². The molecule has 1 amide bonds. The lowest BCUT2D eigenvalue weighted by Crippen LogP contribution is -2.50. The van der Waals surface area contributed by atoms with E-state index in [-0.39, 0.29) is 18.7 Å². The molecule has 0 bridgehead atoms. The van der Waals surface area contributed by atoms with Crippen molar-refractivity contribution in [3.05, 3.63) is 64.6 Å². The first kappa shape index (κ1) is 18.2. The van der Waals surface area contributed by atoms with E-state index >= 15 is 0 Å². The van der Waals surface area contributed by atoms with E-state index < -0.39 is 29.6 Å². The zero-order valence-electron chi connectivity index (χ0n) is 13.8. The topological polar surface area (TPSA) is 65.2 Å². The van der Waals surface area contributed by atoms with E-state index in [9.17, 15) is 22.8 Å². The SMILES string of the molecule is O=C(Nc1ccc[nH]c1=O)[C@@]1(C(F)(F)F)CCN(Cc2ccccc2)C1. The number of hydrogen-bond acceptors (Lipinski definition) is 3. The fourth-order valence-electron chi connectivity index (χ4n) is 3.17. The molecule has 0 spiro atoms. The molecule has 2 heterocycles. The van der Waals surface area contributed by atoms with Gasteiger partial charge >= 0.3 is 6.18 Å². The molecule has 2 aromatic rings. The van der Waals surface area contributed by atoms with Gasteiger partial charge in [0.25, 0.3) is 5.56 Å². The summed E-state index contributed by atoms with van der Waals surface area (Å²) >= 11 is 0. The maximum atomic E-state index is 13.8. The number of anilines is 1. The number of nitrogens with zero attached hydrogens (tertiary/aromatic N) is 1. The van der Waals surface area contributed by atoms with Gasteiger partial charge in [-0.2, -0.15) is 13.2 Å². The van der Waals surface area contributed by atoms with Crippen molar-refractivity contribution in [2.45, 2.75) is 19.1 Å². The van der Waals surface area contributed by atoms with Crippen LogP contribution in [0.1, 0.15) is 12.0 Å². The summed E-state index contributed by atoms with van der Waals surface area (Å²) in [6.45, 7) is 0.0345. The number of amides is 1. The summed E-state index contributed by atoms with van der Waals surface area (Å²) in [6.07, 6.45) is -3.72. The zero-order valence-corrected chi connectivity index (χ0v) is 13.8. The van der Waals surface area contributed by atoms with E-state index in [1.54, 1.807) is 4.90 Å². The molecule has 0 aliphatic carbocycles. The minimum atomic E-state index is -4.72. The van der Waals surface area contributed by atoms with Crippen LogP contribution in [0.5, 0.6) is 0 Å². The smallest absolute Gasteiger partial charge is 0.327 e. The molecule has 1 fully saturated rings. The third-order valence-corrected chi connectivity index (χ3v) is 4.64. The number of carbonyl (C=O) groups is 1. The van der Waals surface area contributed by atoms with Crippen molar-refractivity contribution >= 4 is 11.6 Å². The highest BCUT2D eigenvalue weighted by Gasteiger charge is 2.63. The fraction of sp³-hybridized carbons (Fsp3) is 0.333. The molecule has 1 aromatic heterocycles. The number of rotatable bonds is 4. The van der Waals surface area contributed by atoms with Crippen LogP contribution in [0.4, 0.5) is 18.9 Å². The maximum Gasteiger partial charge on any atom is 0.404 e. The minimum absolute atomic E-state index is 0.146. The second-order valence-electron chi connectivity index (χ2n) is 6.39. The Labute approximate surface area is 147 Å². The van der Waals surface area contributed by atoms with E-state index in [0.29, 0.717) is 6.54 Å². The summed E-state index contributed by atoms with van der Waals surface area (Å²) < 4.78 is 41.4. The lowest BCUT2D eigenvalue weighted by molar-refractivity contribution is -0.215. The molecule has 1 aliphatic heterocycles. The van der Waals surface area contributed by atoms with Gasteiger partial charge in [-0.3, -0.25) is 14.5 Å². The van der Waals surface area contributed by atoms with E-state index in [1.807, 2.05) is 30.3 Å². The van der Waals surface area contributed by atoms with Crippen molar-refractivity contribution in [3.63, 3.8) is 0 Å². The largest absolute Gasteiger partial charge is 0.404 e. The van der Waals surface area contributed by atoms with Gasteiger partial charge < -0.3 is 10.3 Å². The summed E-state index contributed by atoms with van der Waals surface area (Å²) in [7, 11) is 0. The molecule has 1 atom stereocenters. The second-order valence-corrected chi connectivity index (χ2v) is 6.39. The van der Waals surface area contributed by atoms with Crippen molar-refractivity contribution in [1.29, 1.82) is 0 Å². The number of benzene rings is 1. The highest BCUT2D eigenvalue weighted by atomic mass is 19.4. The number of pyridine rings is 1. The Bertz CT molecular complexity index is 835. The second kappa shape index (κ2) is 6.95. The van der Waals surface area contributed by atoms with Crippen molar-refractivity contribution in [2.75, 3.05) is 18.4 Å². The Morgan fingerprint density at radius 1 is 1.19 bits per heavy atom. The molecule has 3 rings (SSSR count). The Balaban J connectivity index is 1.81. The van der Waals surface area contributed by atoms with Crippen LogP contribution >= 0.6 is 0 Å². The normalized spacial score (nSPS) is 20.9. The highest BCUT2D eigenvalue weighted by Crippen LogP contribution is 2.46. The average molecular weight is 365 g/mol. The van der Waals surface area contributed by atoms with E-state index in [1.165, 1.54) is 18.3 Å². The molecule has 1 saturated heterocycles. The minimum Gasteiger partial charge on any atom is -0.327 e. The number of H-pyrrole nitrogens is 1. The monoisotopic (exact) mass is 365 g/mol. The van der Waals surface area contributed by atoms with Gasteiger partial charge in [0.05, 0.1) is 0 Å². The van der Waals surface area contributed by atoms with E-state index in [2.05, 4.69) is 10.3 Å². The molecule has 5 nitrogen and oxygen atoms in total. The first-order valence-electron chi connectivity index (χ1n) is 8.14. The lowest BCUT2D eigenvalue weighted by Gasteiger charge is -2.30. The summed E-state index contributed by atoms with van der Waals surface area (Å²) in [5.74, 6) is -1.20. The van der Waals surface area contributed by atoms with Gasteiger partial charge in [0.1, 0.15) is 5.69 Å². The molecule has 138 valence electrons. The predicted molar refractivity (Wildman–Crippen MR) is 90.5 cm³/mol. The Kier molecular flexibility index (Phi) is 4.86. The highest BCUT2D eigenvalue weighted by molar-refractivity contribution is 5.96. The van der Waals surface area contributed by atoms with Gasteiger partial charge in [-0.05, 0) is 30.7 Å². The number of nitrogens with one attached hydrogen (secondary N) is 2. The van der Waals surface area contributed by atoms with Crippen LogP contribution in [0.15, 0.2) is 53.5 Å². The molecule has 1 aliphatic rings. The molecule has 26 heavy (non-hydrogen) atoms. The lowest BCUT2D eigenvalue weighted by atomic mass is 9.85. The van der Waals surface area contributed by atoms with E-state index in [4.69, 9.17) is 0 Å². The third-order valence-electron chi connectivity index (χ3n) is 4.64. The van der Waals surface area contributed by atoms with Gasteiger partial charge in [-0.25, -0.2) is 0 Å². The first-order valence-corrected chi connectivity index (χ1v) is 8.14. The Morgan fingerprint density at radius 3 is 2.58 bits per heavy atom. The molecule has 0 unspecified atom stereocenters. The first-order chi connectivity index (χ1) is 12.3. The third kappa shape index (κ3) is 3.50. The number of hydrogen-bond donors (Lipinski definition) is 2. The number of carbonyl (C=O) groups excluding carboxylic acids is 1. The number of aromatic nitrogens is 1. The van der Waals surface area contributed by atoms with Gasteiger partial charge in [-0.1, -0.05) is 30.3 Å². The maximum absolute atomic E-state index is 13.8. The molecule has 8 heteroatoms. The molecule has 2 N–H and O–H groups in total. The summed E-state index contributed by atoms with van der Waals surface area (Å²) in [5, 5.41) is 2.15. The quantitative estimate of drug-likeness (QED) is 0.876. The van der Waals surface area contributed by atoms with Crippen LogP contribution < -0.4 is 10.9 Å². The number of aromatic amines is 1. The average Bonchev–Trinajstić information content (AvgIpc) is 3.03. The van der Waals surface area contributed by atoms with Gasteiger partial charge in [0.2, 0.25) is 5.91 Å². The summed E-state index contributed by atoms with van der Waals surface area (Å²) in [4.78, 5) is 28.1. The van der Waals surface area contributed by atoms with Crippen molar-refractivity contribution < 1.29 is 18.0 Å². The van der Waals surface area contributed by atoms with Gasteiger partial charge in [0, 0.05) is 19.3 Å². The van der Waals surface area contributed by atoms with Crippen molar-refractivity contribution in [3.8, 4) is 0 Å². The molecule has 0 saturated carbocycles. The van der Waals surface area contributed by atoms with Crippen molar-refractivity contribution in [2.24, 2.45) is 5.41 Å². The fourth-order valence-corrected chi connectivity index (χ4v) is 3.17. The van der Waals surface area contributed by atoms with Crippen LogP contribution in [0.2, 0.25) is 0 Å². The van der Waals surface area contributed by atoms with Crippen LogP contribution in [-0.4, -0.2) is 35.1 Å². The summed E-state index contributed by atoms with van der Waals surface area (Å²) in [6, 6.07) is 11.8. The zero-order chi connectivity index (χ0) is 18.8. The predicted octanol–water partition coefficient (Wildman–Crippen LogP) is 2.77. The number of alkyl halides is 3. The van der Waals surface area contributed by atoms with E-state index in [0.717, 1.165) is 5.56 Å². The summed E-state index contributed by atoms with van der Waals surface area (Å²) in [5.41, 5.74) is -2.49. The number of likely N-dealkylation sites (tertiary alicyclic amines) is 1. The Hall–Kier alpha value is -2.61. The van der Waals surface area contributed by atoms with Crippen LogP contribution in [-0.2, 0) is 11.3 Å². The van der Waals surface area contributed by atoms with Crippen LogP contribution in [0, 0.1) is 5.41 Å². The standard InChI is InChI=1S/C18H18F3N3O2/c19-18(20,21)17(16(26)23-14-7-4-9-22-15(14)25)8-10-24(12-17)11-13-5-2-1-3-6-13/h1-7,9H,8,10-12H2,(H,22,25)(H,23,26)/t17-/m1/s1.